The number of benzene rings is 1. The van der Waals surface area contributed by atoms with Gasteiger partial charge in [0.25, 0.3) is 11.5 Å². The van der Waals surface area contributed by atoms with Crippen molar-refractivity contribution in [1.82, 2.24) is 18.8 Å². The molecule has 2 aliphatic heterocycles. The van der Waals surface area contributed by atoms with Gasteiger partial charge < -0.3 is 18.6 Å². The molecule has 1 aromatic carbocycles. The minimum Gasteiger partial charge on any atom is -0.496 e. The molecular weight excluding hydrogens is 673 g/mol. The Bertz CT molecular complexity index is 2170. The summed E-state index contributed by atoms with van der Waals surface area (Å²) in [5, 5.41) is 0.233. The molecular formula is C34H38N4O9S2. The van der Waals surface area contributed by atoms with Crippen LogP contribution in [0.15, 0.2) is 50.7 Å². The van der Waals surface area contributed by atoms with Gasteiger partial charge in [0.2, 0.25) is 15.9 Å². The van der Waals surface area contributed by atoms with Gasteiger partial charge in [-0.2, -0.15) is 0 Å². The van der Waals surface area contributed by atoms with Gasteiger partial charge in [0.1, 0.15) is 28.5 Å². The number of amides is 1. The molecule has 3 aromatic heterocycles. The van der Waals surface area contributed by atoms with Gasteiger partial charge in [0.05, 0.1) is 53.2 Å². The summed E-state index contributed by atoms with van der Waals surface area (Å²) >= 11 is 1.20. The van der Waals surface area contributed by atoms with Crippen LogP contribution in [0.3, 0.4) is 0 Å². The maximum atomic E-state index is 14.8. The predicted molar refractivity (Wildman–Crippen MR) is 180 cm³/mol. The average molecular weight is 711 g/mol. The Labute approximate surface area is 286 Å². The van der Waals surface area contributed by atoms with Crippen molar-refractivity contribution in [2.24, 2.45) is 0 Å². The quantitative estimate of drug-likeness (QED) is 0.240. The molecule has 0 spiro atoms. The van der Waals surface area contributed by atoms with Gasteiger partial charge in [-0.15, -0.1) is 11.3 Å². The van der Waals surface area contributed by atoms with Crippen molar-refractivity contribution in [3.63, 3.8) is 0 Å². The lowest BCUT2D eigenvalue weighted by molar-refractivity contribution is -0.124. The standard InChI is InChI=1S/C34H38N4O9S2/c1-19-26-29(39)38(34(12-13-34)31(40)36-49(42,43)33(2)10-11-33)32(41)37(30(26)48-27(19)28-35-14-15-45-28)18-25(23-6-4-5-7-24(23)44-3)47-22-16-20-8-9-21(17-22)46-20/h4-7,14-15,20-22,25H,8-13,16-18H2,1-3H3,(H,36,40)/t20-,21+,22-,25-/m0/s1. The minimum atomic E-state index is -4.02. The van der Waals surface area contributed by atoms with E-state index in [2.05, 4.69) is 9.71 Å². The fourth-order valence-electron chi connectivity index (χ4n) is 7.35. The molecule has 2 bridgehead atoms. The highest BCUT2D eigenvalue weighted by atomic mass is 32.2. The second-order valence-corrected chi connectivity index (χ2v) is 17.1. The molecule has 2 aliphatic carbocycles. The number of rotatable bonds is 11. The third-order valence-corrected chi connectivity index (χ3v) is 14.1. The van der Waals surface area contributed by atoms with E-state index in [0.29, 0.717) is 39.8 Å². The van der Waals surface area contributed by atoms with Crippen molar-refractivity contribution in [3.05, 3.63) is 68.7 Å². The van der Waals surface area contributed by atoms with E-state index in [-0.39, 0.29) is 43.1 Å². The third-order valence-electron chi connectivity index (χ3n) is 10.7. The molecule has 4 aliphatic rings. The van der Waals surface area contributed by atoms with Crippen LogP contribution in [-0.2, 0) is 36.4 Å². The first-order valence-corrected chi connectivity index (χ1v) is 18.9. The number of aryl methyl sites for hydroxylation is 1. The summed E-state index contributed by atoms with van der Waals surface area (Å²) in [6, 6.07) is 7.46. The molecule has 4 fully saturated rings. The molecule has 13 nitrogen and oxygen atoms in total. The molecule has 1 amide bonds. The number of sulfonamides is 1. The number of ether oxygens (including phenoxy) is 3. The van der Waals surface area contributed by atoms with Crippen molar-refractivity contribution >= 4 is 37.5 Å². The van der Waals surface area contributed by atoms with Crippen LogP contribution in [0.25, 0.3) is 21.0 Å². The molecule has 260 valence electrons. The molecule has 5 heterocycles. The summed E-state index contributed by atoms with van der Waals surface area (Å²) in [6.45, 7) is 3.32. The van der Waals surface area contributed by atoms with Crippen LogP contribution in [0.5, 0.6) is 5.75 Å². The molecule has 2 saturated carbocycles. The number of nitrogens with zero attached hydrogens (tertiary/aromatic N) is 3. The Hall–Kier alpha value is -3.79. The molecule has 0 radical (unpaired) electrons. The number of hydrogen-bond donors (Lipinski definition) is 1. The number of para-hydroxylation sites is 1. The molecule has 49 heavy (non-hydrogen) atoms. The number of methoxy groups -OCH3 is 1. The largest absolute Gasteiger partial charge is 0.496 e. The van der Waals surface area contributed by atoms with Crippen molar-refractivity contribution in [1.29, 1.82) is 0 Å². The van der Waals surface area contributed by atoms with Crippen molar-refractivity contribution < 1.29 is 31.8 Å². The molecule has 4 atom stereocenters. The maximum Gasteiger partial charge on any atom is 0.333 e. The molecule has 15 heteroatoms. The zero-order chi connectivity index (χ0) is 34.3. The molecule has 1 N–H and O–H groups in total. The fraction of sp³-hybridized carbons (Fsp3) is 0.529. The first kappa shape index (κ1) is 32.4. The van der Waals surface area contributed by atoms with E-state index >= 15 is 0 Å². The summed E-state index contributed by atoms with van der Waals surface area (Å²) in [5.41, 5.74) is -1.77. The summed E-state index contributed by atoms with van der Waals surface area (Å²) in [7, 11) is -2.44. The van der Waals surface area contributed by atoms with Crippen LogP contribution in [-0.4, -0.2) is 58.6 Å². The number of carbonyl (C=O) groups is 1. The van der Waals surface area contributed by atoms with E-state index in [0.717, 1.165) is 35.8 Å². The van der Waals surface area contributed by atoms with Crippen LogP contribution in [0.2, 0.25) is 0 Å². The number of hydrogen-bond acceptors (Lipinski definition) is 11. The monoisotopic (exact) mass is 710 g/mol. The van der Waals surface area contributed by atoms with Crippen LogP contribution in [0, 0.1) is 6.92 Å². The van der Waals surface area contributed by atoms with Gasteiger partial charge in [0.15, 0.2) is 0 Å². The van der Waals surface area contributed by atoms with Crippen LogP contribution >= 0.6 is 11.3 Å². The number of thiophene rings is 1. The lowest BCUT2D eigenvalue weighted by Gasteiger charge is -2.32. The lowest BCUT2D eigenvalue weighted by atomic mass is 10.0. The number of oxazole rings is 1. The summed E-state index contributed by atoms with van der Waals surface area (Å²) < 4.78 is 54.1. The highest BCUT2D eigenvalue weighted by Crippen LogP contribution is 2.46. The zero-order valence-electron chi connectivity index (χ0n) is 27.5. The number of fused-ring (bicyclic) bond motifs is 3. The van der Waals surface area contributed by atoms with Gasteiger partial charge in [-0.05, 0) is 76.8 Å². The average Bonchev–Trinajstić information content (AvgIpc) is 3.88. The second kappa shape index (κ2) is 11.6. The maximum absolute atomic E-state index is 14.8. The van der Waals surface area contributed by atoms with E-state index in [1.54, 1.807) is 21.0 Å². The highest BCUT2D eigenvalue weighted by Gasteiger charge is 2.58. The van der Waals surface area contributed by atoms with Crippen molar-refractivity contribution in [2.45, 2.75) is 106 Å². The van der Waals surface area contributed by atoms with E-state index in [1.165, 1.54) is 28.4 Å². The first-order valence-electron chi connectivity index (χ1n) is 16.6. The van der Waals surface area contributed by atoms with Gasteiger partial charge in [-0.1, -0.05) is 18.2 Å². The Morgan fingerprint density at radius 1 is 1.14 bits per heavy atom. The van der Waals surface area contributed by atoms with Crippen molar-refractivity contribution in [3.8, 4) is 16.5 Å². The summed E-state index contributed by atoms with van der Waals surface area (Å²) in [6.07, 6.45) is 6.87. The van der Waals surface area contributed by atoms with Crippen LogP contribution < -0.4 is 20.7 Å². The van der Waals surface area contributed by atoms with Gasteiger partial charge in [-0.25, -0.2) is 22.8 Å². The first-order chi connectivity index (χ1) is 23.4. The Morgan fingerprint density at radius 2 is 1.86 bits per heavy atom. The van der Waals surface area contributed by atoms with E-state index < -0.39 is 43.6 Å². The van der Waals surface area contributed by atoms with Gasteiger partial charge >= 0.3 is 5.69 Å². The van der Waals surface area contributed by atoms with E-state index in [1.807, 2.05) is 24.3 Å². The molecule has 8 rings (SSSR count). The Kier molecular flexibility index (Phi) is 7.70. The Balaban J connectivity index is 1.28. The van der Waals surface area contributed by atoms with Crippen LogP contribution in [0.1, 0.15) is 75.5 Å². The van der Waals surface area contributed by atoms with Gasteiger partial charge in [-0.3, -0.25) is 18.9 Å². The van der Waals surface area contributed by atoms with E-state index in [4.69, 9.17) is 18.6 Å². The topological polar surface area (TPSA) is 161 Å². The summed E-state index contributed by atoms with van der Waals surface area (Å²) in [4.78, 5) is 48.3. The SMILES string of the molecule is COc1ccccc1[C@H](Cn1c(=O)n(C2(C(=O)NS(=O)(=O)C3(C)CC3)CC2)c(=O)c2c(C)c(-c3ncco3)sc21)O[C@@H]1C[C@H]2CC[C@@H](C1)O2. The third kappa shape index (κ3) is 5.36. The smallest absolute Gasteiger partial charge is 0.333 e. The second-order valence-electron chi connectivity index (χ2n) is 13.9. The normalized spacial score (nSPS) is 24.1. The minimum absolute atomic E-state index is 0.0122. The predicted octanol–water partition coefficient (Wildman–Crippen LogP) is 4.15. The number of nitrogens with one attached hydrogen (secondary N) is 1. The zero-order valence-corrected chi connectivity index (χ0v) is 29.1. The fourth-order valence-corrected chi connectivity index (χ4v) is 9.91. The molecule has 0 unspecified atom stereocenters. The van der Waals surface area contributed by atoms with Crippen molar-refractivity contribution in [2.75, 3.05) is 7.11 Å². The summed E-state index contributed by atoms with van der Waals surface area (Å²) in [5.74, 6) is 0.00282. The van der Waals surface area contributed by atoms with E-state index in [9.17, 15) is 22.8 Å². The highest BCUT2D eigenvalue weighted by molar-refractivity contribution is 7.91. The number of aromatic nitrogens is 3. The molecule has 2 saturated heterocycles. The molecule has 4 aromatic rings. The van der Waals surface area contributed by atoms with Gasteiger partial charge in [0, 0.05) is 5.56 Å². The lowest BCUT2D eigenvalue weighted by Crippen LogP contribution is -2.53. The van der Waals surface area contributed by atoms with Crippen LogP contribution in [0.4, 0.5) is 0 Å². The number of carbonyl (C=O) groups excluding carboxylic acids is 1. The Morgan fingerprint density at radius 3 is 2.49 bits per heavy atom.